The highest BCUT2D eigenvalue weighted by Gasteiger charge is 2.25. The molecule has 1 aliphatic rings. The van der Waals surface area contributed by atoms with E-state index in [9.17, 15) is 4.79 Å². The normalized spacial score (nSPS) is 17.6. The molecule has 0 spiro atoms. The van der Waals surface area contributed by atoms with Crippen LogP contribution in [0.1, 0.15) is 44.7 Å². The topological polar surface area (TPSA) is 17.1 Å². The molecule has 18 heavy (non-hydrogen) atoms. The second kappa shape index (κ2) is 5.99. The Morgan fingerprint density at radius 3 is 1.78 bits per heavy atom. The predicted molar refractivity (Wildman–Crippen MR) is 77.7 cm³/mol. The van der Waals surface area contributed by atoms with Crippen molar-refractivity contribution in [3.8, 4) is 0 Å². The predicted octanol–water partition coefficient (Wildman–Crippen LogP) is 4.63. The number of carbonyl (C=O) groups is 1. The number of ketones is 1. The fraction of sp³-hybridized carbons (Fsp3) is 0.471. The van der Waals surface area contributed by atoms with Crippen molar-refractivity contribution in [2.75, 3.05) is 0 Å². The number of hydrogen-bond acceptors (Lipinski definition) is 1. The van der Waals surface area contributed by atoms with Crippen LogP contribution < -0.4 is 0 Å². The van der Waals surface area contributed by atoms with Crippen LogP contribution >= 0.6 is 0 Å². The first-order valence-electron chi connectivity index (χ1n) is 6.52. The van der Waals surface area contributed by atoms with E-state index in [0.29, 0.717) is 6.42 Å². The van der Waals surface area contributed by atoms with E-state index in [2.05, 4.69) is 52.0 Å². The van der Waals surface area contributed by atoms with Gasteiger partial charge >= 0.3 is 0 Å². The molecule has 1 aliphatic carbocycles. The van der Waals surface area contributed by atoms with Gasteiger partial charge in [-0.15, -0.1) is 0 Å². The summed E-state index contributed by atoms with van der Waals surface area (Å²) < 4.78 is 0. The highest BCUT2D eigenvalue weighted by Crippen LogP contribution is 2.32. The third kappa shape index (κ3) is 4.87. The summed E-state index contributed by atoms with van der Waals surface area (Å²) in [5, 5.41) is 0. The molecule has 0 heterocycles. The molecule has 0 fully saturated rings. The molecule has 1 aromatic rings. The van der Waals surface area contributed by atoms with E-state index in [-0.39, 0.29) is 11.2 Å². The van der Waals surface area contributed by atoms with E-state index in [1.54, 1.807) is 6.08 Å². The molecular formula is C17H24O. The summed E-state index contributed by atoms with van der Waals surface area (Å²) in [7, 11) is 0. The Labute approximate surface area is 111 Å². The van der Waals surface area contributed by atoms with Gasteiger partial charge in [-0.05, 0) is 49.8 Å². The lowest BCUT2D eigenvalue weighted by molar-refractivity contribution is -0.117. The van der Waals surface area contributed by atoms with Crippen molar-refractivity contribution in [1.29, 1.82) is 0 Å². The maximum Gasteiger partial charge on any atom is 0.156 e. The van der Waals surface area contributed by atoms with Gasteiger partial charge in [-0.1, -0.05) is 43.7 Å². The van der Waals surface area contributed by atoms with Crippen molar-refractivity contribution < 1.29 is 4.79 Å². The molecule has 0 saturated heterocycles. The van der Waals surface area contributed by atoms with Crippen LogP contribution in [0.5, 0.6) is 0 Å². The molecule has 1 aromatic carbocycles. The first-order chi connectivity index (χ1) is 8.30. The Kier molecular flexibility index (Phi) is 4.89. The van der Waals surface area contributed by atoms with Gasteiger partial charge in [0.15, 0.2) is 5.78 Å². The van der Waals surface area contributed by atoms with Gasteiger partial charge in [0.05, 0.1) is 0 Å². The lowest BCUT2D eigenvalue weighted by Crippen LogP contribution is -2.20. The van der Waals surface area contributed by atoms with Gasteiger partial charge in [-0.25, -0.2) is 0 Å². The molecule has 1 nitrogen and oxygen atoms in total. The molecule has 0 amide bonds. The van der Waals surface area contributed by atoms with Gasteiger partial charge in [0.25, 0.3) is 0 Å². The van der Waals surface area contributed by atoms with Crippen LogP contribution in [0.2, 0.25) is 0 Å². The minimum atomic E-state index is 0.204. The van der Waals surface area contributed by atoms with Crippen molar-refractivity contribution >= 4 is 5.78 Å². The Morgan fingerprint density at radius 2 is 1.44 bits per heavy atom. The summed E-state index contributed by atoms with van der Waals surface area (Å²) in [5.74, 6) is 0.286. The number of benzene rings is 1. The molecule has 0 aromatic heterocycles. The fourth-order valence-electron chi connectivity index (χ4n) is 2.33. The average Bonchev–Trinajstić information content (AvgIpc) is 2.19. The summed E-state index contributed by atoms with van der Waals surface area (Å²) in [6, 6.07) is 8.36. The summed E-state index contributed by atoms with van der Waals surface area (Å²) in [5.41, 5.74) is 4.16. The molecule has 0 bridgehead atoms. The van der Waals surface area contributed by atoms with E-state index >= 15 is 0 Å². The third-order valence-electron chi connectivity index (χ3n) is 3.24. The smallest absolute Gasteiger partial charge is 0.156 e. The van der Waals surface area contributed by atoms with Crippen LogP contribution in [-0.4, -0.2) is 5.78 Å². The Bertz CT molecular complexity index is 431. The molecule has 0 radical (unpaired) electrons. The third-order valence-corrected chi connectivity index (χ3v) is 3.24. The molecule has 0 aliphatic heterocycles. The quantitative estimate of drug-likeness (QED) is 0.650. The molecule has 1 heteroatoms. The van der Waals surface area contributed by atoms with Crippen molar-refractivity contribution in [2.24, 2.45) is 5.41 Å². The van der Waals surface area contributed by atoms with E-state index in [0.717, 1.165) is 6.42 Å². The number of aryl methyl sites for hydroxylation is 2. The van der Waals surface area contributed by atoms with Crippen LogP contribution in [0, 0.1) is 19.3 Å². The van der Waals surface area contributed by atoms with Crippen molar-refractivity contribution in [2.45, 2.75) is 47.5 Å². The monoisotopic (exact) mass is 244 g/mol. The molecular weight excluding hydrogens is 220 g/mol. The van der Waals surface area contributed by atoms with E-state index in [1.165, 1.54) is 16.7 Å². The first-order valence-corrected chi connectivity index (χ1v) is 6.52. The Morgan fingerprint density at radius 1 is 0.944 bits per heavy atom. The number of carbonyl (C=O) groups excluding carboxylic acids is 1. The summed E-state index contributed by atoms with van der Waals surface area (Å²) in [6.45, 7) is 10.5. The minimum absolute atomic E-state index is 0.204. The average molecular weight is 244 g/mol. The lowest BCUT2D eigenvalue weighted by atomic mass is 9.77. The van der Waals surface area contributed by atoms with Crippen molar-refractivity contribution in [3.63, 3.8) is 0 Å². The second-order valence-corrected chi connectivity index (χ2v) is 6.06. The zero-order valence-electron chi connectivity index (χ0n) is 12.2. The van der Waals surface area contributed by atoms with Crippen LogP contribution in [0.3, 0.4) is 0 Å². The Balaban J connectivity index is 0.000000184. The van der Waals surface area contributed by atoms with Crippen LogP contribution in [0.25, 0.3) is 0 Å². The number of rotatable bonds is 0. The zero-order chi connectivity index (χ0) is 13.8. The maximum atomic E-state index is 11.0. The number of allylic oxidation sites excluding steroid dienone is 2. The molecule has 0 saturated carbocycles. The zero-order valence-corrected chi connectivity index (χ0v) is 12.2. The van der Waals surface area contributed by atoms with Gasteiger partial charge in [0, 0.05) is 6.42 Å². The van der Waals surface area contributed by atoms with Gasteiger partial charge in [-0.2, -0.15) is 0 Å². The maximum absolute atomic E-state index is 11.0. The highest BCUT2D eigenvalue weighted by molar-refractivity contribution is 5.91. The first kappa shape index (κ1) is 14.7. The minimum Gasteiger partial charge on any atom is -0.295 e. The van der Waals surface area contributed by atoms with Gasteiger partial charge in [0.2, 0.25) is 0 Å². The highest BCUT2D eigenvalue weighted by atomic mass is 16.1. The molecule has 2 rings (SSSR count). The van der Waals surface area contributed by atoms with Crippen LogP contribution in [-0.2, 0) is 4.79 Å². The lowest BCUT2D eigenvalue weighted by Gasteiger charge is -2.27. The Hall–Kier alpha value is -1.37. The summed E-state index contributed by atoms with van der Waals surface area (Å²) >= 11 is 0. The molecule has 0 atom stereocenters. The molecule has 0 N–H and O–H groups in total. The van der Waals surface area contributed by atoms with Crippen molar-refractivity contribution in [1.82, 2.24) is 0 Å². The second-order valence-electron chi connectivity index (χ2n) is 6.06. The molecule has 98 valence electrons. The molecule has 0 unspecified atom stereocenters. The standard InChI is InChI=1S/C9H14O.C8H10/c1-7-4-8(10)6-9(2,3)5-7;1-7-5-3-4-6-8(7)2/h4H,5-6H2,1-3H3;3-6H,1-2H3. The number of hydrogen-bond donors (Lipinski definition) is 0. The largest absolute Gasteiger partial charge is 0.295 e. The summed E-state index contributed by atoms with van der Waals surface area (Å²) in [4.78, 5) is 11.0. The van der Waals surface area contributed by atoms with E-state index in [4.69, 9.17) is 0 Å². The van der Waals surface area contributed by atoms with Crippen LogP contribution in [0.15, 0.2) is 35.9 Å². The SMILES string of the molecule is CC1=CC(=O)CC(C)(C)C1.Cc1ccccc1C. The van der Waals surface area contributed by atoms with E-state index < -0.39 is 0 Å². The van der Waals surface area contributed by atoms with Crippen molar-refractivity contribution in [3.05, 3.63) is 47.0 Å². The van der Waals surface area contributed by atoms with E-state index in [1.807, 2.05) is 6.92 Å². The fourth-order valence-corrected chi connectivity index (χ4v) is 2.33. The summed E-state index contributed by atoms with van der Waals surface area (Å²) in [6.07, 6.45) is 3.55. The van der Waals surface area contributed by atoms with Gasteiger partial charge in [-0.3, -0.25) is 4.79 Å². The van der Waals surface area contributed by atoms with Gasteiger partial charge < -0.3 is 0 Å². The van der Waals surface area contributed by atoms with Gasteiger partial charge in [0.1, 0.15) is 0 Å². The van der Waals surface area contributed by atoms with Crippen LogP contribution in [0.4, 0.5) is 0 Å².